The molecule has 3 N–H and O–H groups in total. The van der Waals surface area contributed by atoms with Gasteiger partial charge < -0.3 is 16.0 Å². The van der Waals surface area contributed by atoms with Gasteiger partial charge in [0.25, 0.3) is 5.91 Å². The first-order valence-corrected chi connectivity index (χ1v) is 8.99. The Morgan fingerprint density at radius 1 is 1.20 bits per heavy atom. The van der Waals surface area contributed by atoms with E-state index in [1.807, 2.05) is 17.5 Å². The first-order valence-electron chi connectivity index (χ1n) is 8.11. The minimum absolute atomic E-state index is 0.0750. The van der Waals surface area contributed by atoms with Crippen LogP contribution in [0.3, 0.4) is 0 Å². The van der Waals surface area contributed by atoms with Gasteiger partial charge in [-0.25, -0.2) is 0 Å². The van der Waals surface area contributed by atoms with Gasteiger partial charge >= 0.3 is 0 Å². The fourth-order valence-electron chi connectivity index (χ4n) is 3.03. The zero-order valence-corrected chi connectivity index (χ0v) is 14.5. The van der Waals surface area contributed by atoms with Crippen molar-refractivity contribution in [1.29, 1.82) is 0 Å². The van der Waals surface area contributed by atoms with Gasteiger partial charge in [0.05, 0.1) is 4.88 Å². The summed E-state index contributed by atoms with van der Waals surface area (Å²) in [5.74, 6) is -0.721. The van der Waals surface area contributed by atoms with Gasteiger partial charge in [-0.15, -0.1) is 11.3 Å². The molecule has 2 aromatic rings. The summed E-state index contributed by atoms with van der Waals surface area (Å²) in [7, 11) is 0. The summed E-state index contributed by atoms with van der Waals surface area (Å²) < 4.78 is 0. The molecule has 1 aliphatic rings. The molecule has 0 bridgehead atoms. The van der Waals surface area contributed by atoms with Crippen molar-refractivity contribution >= 4 is 34.7 Å². The number of carbonyl (C=O) groups excluding carboxylic acids is 3. The molecule has 0 radical (unpaired) electrons. The Morgan fingerprint density at radius 2 is 2.04 bits per heavy atom. The van der Waals surface area contributed by atoms with Crippen molar-refractivity contribution in [3.8, 4) is 0 Å². The molecule has 0 spiro atoms. The number of hydrogen-bond donors (Lipinski definition) is 2. The van der Waals surface area contributed by atoms with Crippen LogP contribution in [0.5, 0.6) is 0 Å². The lowest BCUT2D eigenvalue weighted by atomic mass is 9.95. The maximum Gasteiger partial charge on any atom is 0.261 e. The zero-order valence-electron chi connectivity index (χ0n) is 13.7. The quantitative estimate of drug-likeness (QED) is 0.856. The van der Waals surface area contributed by atoms with Crippen LogP contribution < -0.4 is 16.0 Å². The lowest BCUT2D eigenvalue weighted by Gasteiger charge is -2.30. The van der Waals surface area contributed by atoms with Crippen molar-refractivity contribution < 1.29 is 14.4 Å². The molecule has 0 fully saturated rings. The average Bonchev–Trinajstić information content (AvgIpc) is 3.15. The molecule has 0 saturated heterocycles. The van der Waals surface area contributed by atoms with Crippen LogP contribution in [-0.4, -0.2) is 30.8 Å². The Labute approximate surface area is 149 Å². The van der Waals surface area contributed by atoms with Gasteiger partial charge in [-0.2, -0.15) is 0 Å². The molecule has 2 heterocycles. The van der Waals surface area contributed by atoms with Gasteiger partial charge in [0, 0.05) is 30.8 Å². The number of benzene rings is 1. The van der Waals surface area contributed by atoms with E-state index in [-0.39, 0.29) is 24.8 Å². The van der Waals surface area contributed by atoms with E-state index in [9.17, 15) is 14.4 Å². The van der Waals surface area contributed by atoms with E-state index < -0.39 is 5.91 Å². The van der Waals surface area contributed by atoms with Gasteiger partial charge in [-0.1, -0.05) is 12.1 Å². The van der Waals surface area contributed by atoms with Crippen LogP contribution in [0, 0.1) is 0 Å². The molecule has 0 saturated carbocycles. The Balaban J connectivity index is 1.65. The summed E-state index contributed by atoms with van der Waals surface area (Å²) in [5.41, 5.74) is 7.48. The van der Waals surface area contributed by atoms with Gasteiger partial charge in [0.1, 0.15) is 0 Å². The predicted octanol–water partition coefficient (Wildman–Crippen LogP) is 1.95. The van der Waals surface area contributed by atoms with Gasteiger partial charge in [0.15, 0.2) is 0 Å². The summed E-state index contributed by atoms with van der Waals surface area (Å²) in [6, 6.07) is 8.82. The summed E-state index contributed by atoms with van der Waals surface area (Å²) >= 11 is 1.36. The highest BCUT2D eigenvalue weighted by Gasteiger charge is 2.25. The van der Waals surface area contributed by atoms with Crippen molar-refractivity contribution in [3.05, 3.63) is 51.7 Å². The minimum Gasteiger partial charge on any atom is -0.366 e. The maximum atomic E-state index is 12.6. The molecule has 6 nitrogen and oxygen atoms in total. The number of anilines is 1. The van der Waals surface area contributed by atoms with Crippen LogP contribution in [0.1, 0.15) is 38.4 Å². The van der Waals surface area contributed by atoms with Crippen LogP contribution in [0.4, 0.5) is 5.69 Å². The third kappa shape index (κ3) is 3.71. The molecular formula is C18H19N3O3S. The van der Waals surface area contributed by atoms with Gasteiger partial charge in [0.2, 0.25) is 11.8 Å². The third-order valence-corrected chi connectivity index (χ3v) is 5.06. The minimum atomic E-state index is -0.477. The van der Waals surface area contributed by atoms with Crippen molar-refractivity contribution in [2.75, 3.05) is 18.0 Å². The number of rotatable bonds is 5. The smallest absolute Gasteiger partial charge is 0.261 e. The average molecular weight is 357 g/mol. The molecule has 1 aliphatic heterocycles. The number of nitrogens with zero attached hydrogens (tertiary/aromatic N) is 1. The highest BCUT2D eigenvalue weighted by molar-refractivity contribution is 7.12. The summed E-state index contributed by atoms with van der Waals surface area (Å²) in [6.07, 6.45) is 1.72. The van der Waals surface area contributed by atoms with Crippen LogP contribution in [0.15, 0.2) is 35.7 Å². The predicted molar refractivity (Wildman–Crippen MR) is 96.9 cm³/mol. The van der Waals surface area contributed by atoms with Gasteiger partial charge in [-0.3, -0.25) is 14.4 Å². The molecule has 3 rings (SSSR count). The van der Waals surface area contributed by atoms with Crippen molar-refractivity contribution in [2.24, 2.45) is 5.73 Å². The molecule has 1 aromatic heterocycles. The van der Waals surface area contributed by atoms with E-state index >= 15 is 0 Å². The highest BCUT2D eigenvalue weighted by Crippen LogP contribution is 2.30. The fourth-order valence-corrected chi connectivity index (χ4v) is 3.67. The topological polar surface area (TPSA) is 92.5 Å². The summed E-state index contributed by atoms with van der Waals surface area (Å²) in [5, 5.41) is 4.59. The van der Waals surface area contributed by atoms with Crippen molar-refractivity contribution in [2.45, 2.75) is 19.3 Å². The first-order chi connectivity index (χ1) is 12.1. The normalized spacial score (nSPS) is 13.2. The second-order valence-corrected chi connectivity index (χ2v) is 6.75. The zero-order chi connectivity index (χ0) is 17.8. The highest BCUT2D eigenvalue weighted by atomic mass is 32.1. The van der Waals surface area contributed by atoms with E-state index in [2.05, 4.69) is 5.32 Å². The number of nitrogens with one attached hydrogen (secondary N) is 1. The van der Waals surface area contributed by atoms with Gasteiger partial charge in [-0.05, 0) is 42.0 Å². The number of carbonyl (C=O) groups is 3. The molecule has 0 aliphatic carbocycles. The van der Waals surface area contributed by atoms with Crippen LogP contribution in [-0.2, 0) is 11.2 Å². The fraction of sp³-hybridized carbons (Fsp3) is 0.278. The molecule has 0 unspecified atom stereocenters. The third-order valence-electron chi connectivity index (χ3n) is 4.19. The first kappa shape index (κ1) is 17.2. The van der Waals surface area contributed by atoms with Crippen molar-refractivity contribution in [3.63, 3.8) is 0 Å². The molecule has 7 heteroatoms. The Kier molecular flexibility index (Phi) is 5.14. The molecule has 3 amide bonds. The monoisotopic (exact) mass is 357 g/mol. The second kappa shape index (κ2) is 7.48. The number of hydrogen-bond acceptors (Lipinski definition) is 4. The summed E-state index contributed by atoms with van der Waals surface area (Å²) in [4.78, 5) is 38.4. The van der Waals surface area contributed by atoms with E-state index in [0.717, 1.165) is 24.1 Å². The maximum absolute atomic E-state index is 12.6. The number of thiophene rings is 1. The van der Waals surface area contributed by atoms with E-state index in [1.165, 1.54) is 11.3 Å². The molecule has 130 valence electrons. The van der Waals surface area contributed by atoms with E-state index in [0.29, 0.717) is 17.0 Å². The Morgan fingerprint density at radius 3 is 2.76 bits per heavy atom. The second-order valence-electron chi connectivity index (χ2n) is 5.80. The number of fused-ring (bicyclic) bond motifs is 1. The van der Waals surface area contributed by atoms with E-state index in [1.54, 1.807) is 23.1 Å². The van der Waals surface area contributed by atoms with Crippen LogP contribution in [0.25, 0.3) is 0 Å². The summed E-state index contributed by atoms with van der Waals surface area (Å²) in [6.45, 7) is 0.879. The Bertz CT molecular complexity index is 802. The van der Waals surface area contributed by atoms with Crippen LogP contribution >= 0.6 is 11.3 Å². The number of nitrogens with two attached hydrogens (primary N) is 1. The molecular weight excluding hydrogens is 338 g/mol. The number of primary amides is 1. The lowest BCUT2D eigenvalue weighted by molar-refractivity contribution is -0.118. The molecule has 1 aromatic carbocycles. The lowest BCUT2D eigenvalue weighted by Crippen LogP contribution is -2.38. The van der Waals surface area contributed by atoms with Crippen molar-refractivity contribution in [1.82, 2.24) is 5.32 Å². The van der Waals surface area contributed by atoms with E-state index in [4.69, 9.17) is 5.73 Å². The SMILES string of the molecule is NC(=O)c1cccc2c1CCCN2C(=O)CCNC(=O)c1cccs1. The molecule has 0 atom stereocenters. The number of amides is 3. The molecule has 25 heavy (non-hydrogen) atoms. The Hall–Kier alpha value is -2.67. The van der Waals surface area contributed by atoms with Crippen LogP contribution in [0.2, 0.25) is 0 Å². The largest absolute Gasteiger partial charge is 0.366 e. The standard InChI is InChI=1S/C18H19N3O3S/c19-17(23)13-4-1-6-14-12(13)5-2-10-21(14)16(22)8-9-20-18(24)15-7-3-11-25-15/h1,3-4,6-7,11H,2,5,8-10H2,(H2,19,23)(H,20,24).